The molecule has 0 aromatic heterocycles. The number of hydrogen-bond donors (Lipinski definition) is 4. The maximum Gasteiger partial charge on any atom is 0.149 e. The lowest BCUT2D eigenvalue weighted by atomic mass is 10.1. The Hall–Kier alpha value is -2.71. The third kappa shape index (κ3) is 9.27. The van der Waals surface area contributed by atoms with Crippen molar-refractivity contribution in [3.8, 4) is 5.75 Å². The summed E-state index contributed by atoms with van der Waals surface area (Å²) < 4.78 is 34.5. The molecule has 8 heteroatoms. The lowest BCUT2D eigenvalue weighted by molar-refractivity contribution is -0.0980. The van der Waals surface area contributed by atoms with Crippen LogP contribution in [-0.4, -0.2) is 42.9 Å². The molecule has 0 saturated heterocycles. The fourth-order valence-electron chi connectivity index (χ4n) is 3.26. The number of carbonyl (C=O) groups is 1. The van der Waals surface area contributed by atoms with E-state index in [1.807, 2.05) is 33.6 Å². The summed E-state index contributed by atoms with van der Waals surface area (Å²) in [5.41, 5.74) is 1.55. The fourth-order valence-corrected chi connectivity index (χ4v) is 3.26. The van der Waals surface area contributed by atoms with Crippen LogP contribution in [0.2, 0.25) is 0 Å². The minimum Gasteiger partial charge on any atom is -0.495 e. The van der Waals surface area contributed by atoms with Crippen molar-refractivity contribution in [3.05, 3.63) is 47.5 Å². The van der Waals surface area contributed by atoms with Gasteiger partial charge in [-0.05, 0) is 68.9 Å². The molecule has 2 aromatic rings. The summed E-state index contributed by atoms with van der Waals surface area (Å²) in [5, 5.41) is 23.0. The molecular weight excluding hydrogens is 442 g/mol. The molecule has 0 aliphatic heterocycles. The number of carbonyl (C=O) groups excluding carboxylic acids is 1. The molecule has 1 aliphatic rings. The van der Waals surface area contributed by atoms with Gasteiger partial charge < -0.3 is 30.4 Å². The van der Waals surface area contributed by atoms with Gasteiger partial charge in [0.1, 0.15) is 35.5 Å². The first kappa shape index (κ1) is 31.3. The normalized spacial score (nSPS) is 12.5. The van der Waals surface area contributed by atoms with Crippen LogP contribution < -0.4 is 15.4 Å². The summed E-state index contributed by atoms with van der Waals surface area (Å²) in [5.74, 6) is -0.432. The van der Waals surface area contributed by atoms with Gasteiger partial charge in [0.25, 0.3) is 0 Å². The molecule has 4 N–H and O–H groups in total. The van der Waals surface area contributed by atoms with Gasteiger partial charge in [-0.15, -0.1) is 0 Å². The van der Waals surface area contributed by atoms with E-state index in [1.165, 1.54) is 19.2 Å². The van der Waals surface area contributed by atoms with E-state index in [-0.39, 0.29) is 30.1 Å². The van der Waals surface area contributed by atoms with Crippen LogP contribution in [0.4, 0.5) is 25.8 Å². The molecule has 1 saturated carbocycles. The zero-order valence-electron chi connectivity index (χ0n) is 21.0. The number of methoxy groups -OCH3 is 1. The molecule has 192 valence electrons. The van der Waals surface area contributed by atoms with Gasteiger partial charge in [-0.1, -0.05) is 26.8 Å². The van der Waals surface area contributed by atoms with Crippen molar-refractivity contribution < 1.29 is 28.5 Å². The van der Waals surface area contributed by atoms with Gasteiger partial charge >= 0.3 is 0 Å². The molecule has 6 nitrogen and oxygen atoms in total. The van der Waals surface area contributed by atoms with E-state index in [1.54, 1.807) is 19.1 Å². The quantitative estimate of drug-likeness (QED) is 0.359. The number of rotatable bonds is 9. The Morgan fingerprint density at radius 3 is 2.12 bits per heavy atom. The first-order valence-corrected chi connectivity index (χ1v) is 11.6. The molecule has 0 unspecified atom stereocenters. The highest BCUT2D eigenvalue weighted by molar-refractivity contribution is 5.81. The number of ether oxygens (including phenoxy) is 1. The summed E-state index contributed by atoms with van der Waals surface area (Å²) in [7, 11) is 1.52. The van der Waals surface area contributed by atoms with Crippen molar-refractivity contribution in [2.75, 3.05) is 31.0 Å². The zero-order valence-corrected chi connectivity index (χ0v) is 21.0. The monoisotopic (exact) mass is 482 g/mol. The number of nitrogens with one attached hydrogen (secondary N) is 2. The van der Waals surface area contributed by atoms with Gasteiger partial charge in [0.2, 0.25) is 0 Å². The Morgan fingerprint density at radius 2 is 1.65 bits per heavy atom. The van der Waals surface area contributed by atoms with Gasteiger partial charge in [-0.3, -0.25) is 0 Å². The fraction of sp³-hybridized carbons (Fsp3) is 0.500. The van der Waals surface area contributed by atoms with Crippen LogP contribution in [0.25, 0.3) is 0 Å². The Bertz CT molecular complexity index is 846. The van der Waals surface area contributed by atoms with E-state index in [2.05, 4.69) is 10.6 Å². The van der Waals surface area contributed by atoms with Gasteiger partial charge in [0.15, 0.2) is 0 Å². The molecule has 0 amide bonds. The number of aryl methyl sites for hydroxylation is 1. The Morgan fingerprint density at radius 1 is 1.03 bits per heavy atom. The number of halogens is 2. The standard InChI is InChI=1S/C21H26F2N2O2.C2H6O.C2H6.CH2O/c1-3-14-5-7-17(16(23)13-14)24-19-15(22)6-8-18(27-2)20(19)25-21(10-11-21)9-4-12-26;1-2-3;2*1-2/h5-8,13,24-26H,3-4,9-12H2,1-2H3;3H,2H2,1H3;1-2H3;1H2. The summed E-state index contributed by atoms with van der Waals surface area (Å²) in [6.07, 6.45) is 4.05. The van der Waals surface area contributed by atoms with E-state index >= 15 is 0 Å². The third-order valence-corrected chi connectivity index (χ3v) is 5.09. The number of anilines is 3. The summed E-state index contributed by atoms with van der Waals surface area (Å²) in [6.45, 7) is 10.00. The van der Waals surface area contributed by atoms with Crippen molar-refractivity contribution in [1.29, 1.82) is 0 Å². The van der Waals surface area contributed by atoms with Crippen LogP contribution >= 0.6 is 0 Å². The molecule has 0 heterocycles. The van der Waals surface area contributed by atoms with Crippen LogP contribution in [0.5, 0.6) is 5.75 Å². The molecular formula is C26H40F2N2O4. The van der Waals surface area contributed by atoms with Crippen molar-refractivity contribution >= 4 is 23.9 Å². The molecule has 3 rings (SSSR count). The second-order valence-electron chi connectivity index (χ2n) is 7.34. The largest absolute Gasteiger partial charge is 0.495 e. The van der Waals surface area contributed by atoms with Crippen molar-refractivity contribution in [2.45, 2.75) is 65.3 Å². The van der Waals surface area contributed by atoms with E-state index < -0.39 is 11.6 Å². The minimum absolute atomic E-state index is 0.115. The van der Waals surface area contributed by atoms with Gasteiger partial charge in [-0.2, -0.15) is 0 Å². The van der Waals surface area contributed by atoms with E-state index in [0.717, 1.165) is 31.2 Å². The molecule has 0 atom stereocenters. The maximum atomic E-state index is 14.7. The van der Waals surface area contributed by atoms with Crippen molar-refractivity contribution in [1.82, 2.24) is 0 Å². The number of aliphatic hydroxyl groups excluding tert-OH is 2. The van der Waals surface area contributed by atoms with E-state index in [4.69, 9.17) is 19.7 Å². The molecule has 1 aliphatic carbocycles. The Balaban J connectivity index is 0.00000141. The highest BCUT2D eigenvalue weighted by atomic mass is 19.1. The highest BCUT2D eigenvalue weighted by Gasteiger charge is 2.43. The Kier molecular flexibility index (Phi) is 15.5. The molecule has 1 fully saturated rings. The third-order valence-electron chi connectivity index (χ3n) is 5.09. The summed E-state index contributed by atoms with van der Waals surface area (Å²) >= 11 is 0. The molecule has 34 heavy (non-hydrogen) atoms. The van der Waals surface area contributed by atoms with E-state index in [0.29, 0.717) is 17.9 Å². The average Bonchev–Trinajstić information content (AvgIpc) is 3.63. The molecule has 2 aromatic carbocycles. The SMILES string of the molecule is C=O.CC.CCO.CCc1ccc(Nc2c(F)ccc(OC)c2NC2(CCCO)CC2)c(F)c1. The van der Waals surface area contributed by atoms with Crippen LogP contribution in [0.15, 0.2) is 30.3 Å². The van der Waals surface area contributed by atoms with Crippen molar-refractivity contribution in [2.24, 2.45) is 0 Å². The average molecular weight is 483 g/mol. The van der Waals surface area contributed by atoms with Crippen molar-refractivity contribution in [3.63, 3.8) is 0 Å². The van der Waals surface area contributed by atoms with Gasteiger partial charge in [-0.25, -0.2) is 8.78 Å². The maximum absolute atomic E-state index is 14.7. The summed E-state index contributed by atoms with van der Waals surface area (Å²) in [6, 6.07) is 7.76. The van der Waals surface area contributed by atoms with Crippen LogP contribution in [0.1, 0.15) is 58.9 Å². The number of hydrogen-bond acceptors (Lipinski definition) is 6. The minimum atomic E-state index is -0.491. The second kappa shape index (κ2) is 16.8. The predicted molar refractivity (Wildman–Crippen MR) is 135 cm³/mol. The van der Waals surface area contributed by atoms with Crippen LogP contribution in [0.3, 0.4) is 0 Å². The second-order valence-corrected chi connectivity index (χ2v) is 7.34. The lowest BCUT2D eigenvalue weighted by Crippen LogP contribution is -2.23. The smallest absolute Gasteiger partial charge is 0.149 e. The van der Waals surface area contributed by atoms with Crippen LogP contribution in [0, 0.1) is 11.6 Å². The van der Waals surface area contributed by atoms with Gasteiger partial charge in [0.05, 0.1) is 12.8 Å². The lowest BCUT2D eigenvalue weighted by Gasteiger charge is -2.24. The van der Waals surface area contributed by atoms with Gasteiger partial charge in [0, 0.05) is 18.8 Å². The highest BCUT2D eigenvalue weighted by Crippen LogP contribution is 2.47. The topological polar surface area (TPSA) is 90.8 Å². The molecule has 0 radical (unpaired) electrons. The number of aliphatic hydroxyl groups is 2. The molecule has 0 bridgehead atoms. The zero-order chi connectivity index (χ0) is 26.1. The molecule has 0 spiro atoms. The number of benzene rings is 2. The first-order valence-electron chi connectivity index (χ1n) is 11.6. The predicted octanol–water partition coefficient (Wildman–Crippen LogP) is 5.84. The Labute approximate surface area is 202 Å². The summed E-state index contributed by atoms with van der Waals surface area (Å²) in [4.78, 5) is 8.00. The van der Waals surface area contributed by atoms with Crippen LogP contribution in [-0.2, 0) is 11.2 Å². The first-order chi connectivity index (χ1) is 16.4. The van der Waals surface area contributed by atoms with E-state index in [9.17, 15) is 8.78 Å².